The van der Waals surface area contributed by atoms with Crippen molar-refractivity contribution in [2.24, 2.45) is 5.92 Å². The molecule has 0 N–H and O–H groups in total. The number of ether oxygens (including phenoxy) is 2. The molecular formula is C17H20FNO4. The van der Waals surface area contributed by atoms with E-state index in [1.54, 1.807) is 0 Å². The summed E-state index contributed by atoms with van der Waals surface area (Å²) in [4.78, 5) is 26.7. The van der Waals surface area contributed by atoms with Gasteiger partial charge in [0.25, 0.3) is 0 Å². The first kappa shape index (κ1) is 15.9. The van der Waals surface area contributed by atoms with Gasteiger partial charge in [0.05, 0.1) is 12.7 Å². The van der Waals surface area contributed by atoms with Crippen LogP contribution in [0.3, 0.4) is 0 Å². The highest BCUT2D eigenvalue weighted by Gasteiger charge is 2.50. The first-order chi connectivity index (χ1) is 11.0. The highest BCUT2D eigenvalue weighted by atomic mass is 19.1. The monoisotopic (exact) mass is 321 g/mol. The van der Waals surface area contributed by atoms with Crippen molar-refractivity contribution < 1.29 is 23.5 Å². The van der Waals surface area contributed by atoms with Crippen LogP contribution in [0.25, 0.3) is 0 Å². The molecule has 2 aliphatic heterocycles. The van der Waals surface area contributed by atoms with Gasteiger partial charge in [0.15, 0.2) is 0 Å². The van der Waals surface area contributed by atoms with Crippen LogP contribution in [-0.2, 0) is 14.3 Å². The van der Waals surface area contributed by atoms with Crippen LogP contribution in [-0.4, -0.2) is 49.2 Å². The van der Waals surface area contributed by atoms with Crippen molar-refractivity contribution in [2.75, 3.05) is 14.2 Å². The average molecular weight is 321 g/mol. The number of esters is 2. The Morgan fingerprint density at radius 2 is 1.91 bits per heavy atom. The fourth-order valence-corrected chi connectivity index (χ4v) is 3.78. The Bertz CT molecular complexity index is 603. The van der Waals surface area contributed by atoms with Crippen LogP contribution in [0.15, 0.2) is 24.3 Å². The fourth-order valence-electron chi connectivity index (χ4n) is 3.78. The second kappa shape index (κ2) is 6.28. The van der Waals surface area contributed by atoms with Gasteiger partial charge in [-0.05, 0) is 44.2 Å². The van der Waals surface area contributed by atoms with E-state index in [0.29, 0.717) is 12.5 Å². The van der Waals surface area contributed by atoms with Gasteiger partial charge in [0.2, 0.25) is 0 Å². The Labute approximate surface area is 134 Å². The van der Waals surface area contributed by atoms with Crippen LogP contribution < -0.4 is 0 Å². The summed E-state index contributed by atoms with van der Waals surface area (Å²) in [6.07, 6.45) is 1.98. The number of halogens is 1. The smallest absolute Gasteiger partial charge is 0.338 e. The van der Waals surface area contributed by atoms with E-state index < -0.39 is 23.8 Å². The molecule has 0 saturated carbocycles. The molecule has 124 valence electrons. The first-order valence-corrected chi connectivity index (χ1v) is 7.77. The van der Waals surface area contributed by atoms with Gasteiger partial charge in [-0.3, -0.25) is 9.69 Å². The second-order valence-electron chi connectivity index (χ2n) is 6.20. The Balaban J connectivity index is 1.78. The molecule has 2 aliphatic rings. The molecule has 0 spiro atoms. The molecule has 0 aromatic heterocycles. The van der Waals surface area contributed by atoms with Crippen LogP contribution in [0.5, 0.6) is 0 Å². The van der Waals surface area contributed by atoms with Gasteiger partial charge in [0, 0.05) is 18.5 Å². The summed E-state index contributed by atoms with van der Waals surface area (Å²) in [5, 5.41) is 0. The maximum Gasteiger partial charge on any atom is 0.338 e. The molecular weight excluding hydrogens is 301 g/mol. The molecule has 5 nitrogen and oxygen atoms in total. The number of piperidine rings is 1. The van der Waals surface area contributed by atoms with E-state index >= 15 is 0 Å². The molecule has 1 aromatic rings. The third-order valence-corrected chi connectivity index (χ3v) is 5.03. The van der Waals surface area contributed by atoms with Crippen LogP contribution in [0, 0.1) is 11.7 Å². The summed E-state index contributed by atoms with van der Waals surface area (Å²) in [5.74, 6) is -1.77. The summed E-state index contributed by atoms with van der Waals surface area (Å²) < 4.78 is 23.5. The Hall–Kier alpha value is -1.95. The molecule has 0 aliphatic carbocycles. The van der Waals surface area contributed by atoms with Gasteiger partial charge >= 0.3 is 11.9 Å². The number of carbonyl (C=O) groups excluding carboxylic acids is 2. The van der Waals surface area contributed by atoms with Crippen molar-refractivity contribution in [2.45, 2.75) is 37.5 Å². The van der Waals surface area contributed by atoms with Crippen molar-refractivity contribution in [3.05, 3.63) is 35.6 Å². The molecule has 2 fully saturated rings. The SMILES string of the molecule is COC(=O)[C@H]1[C@@H](OC(=O)c2ccc(F)cc2)C[C@@H]2CC[C@H]1N2C. The van der Waals surface area contributed by atoms with Crippen molar-refractivity contribution in [1.82, 2.24) is 4.90 Å². The predicted octanol–water partition coefficient (Wildman–Crippen LogP) is 2.01. The molecule has 0 unspecified atom stereocenters. The van der Waals surface area contributed by atoms with Gasteiger partial charge in [-0.25, -0.2) is 9.18 Å². The Kier molecular flexibility index (Phi) is 4.35. The Morgan fingerprint density at radius 3 is 2.57 bits per heavy atom. The van der Waals surface area contributed by atoms with Crippen molar-refractivity contribution in [1.29, 1.82) is 0 Å². The lowest BCUT2D eigenvalue weighted by molar-refractivity contribution is -0.156. The molecule has 0 amide bonds. The van der Waals surface area contributed by atoms with Crippen LogP contribution in [0.1, 0.15) is 29.6 Å². The highest BCUT2D eigenvalue weighted by molar-refractivity contribution is 5.89. The van der Waals surface area contributed by atoms with Gasteiger partial charge < -0.3 is 9.47 Å². The highest BCUT2D eigenvalue weighted by Crippen LogP contribution is 2.40. The van der Waals surface area contributed by atoms with Gasteiger partial charge in [-0.2, -0.15) is 0 Å². The van der Waals surface area contributed by atoms with E-state index in [4.69, 9.17) is 9.47 Å². The summed E-state index contributed by atoms with van der Waals surface area (Å²) in [7, 11) is 3.35. The fraction of sp³-hybridized carbons (Fsp3) is 0.529. The van der Waals surface area contributed by atoms with Crippen LogP contribution >= 0.6 is 0 Å². The molecule has 2 heterocycles. The third kappa shape index (κ3) is 2.95. The standard InChI is InChI=1S/C17H20FNO4/c1-19-12-7-8-13(19)15(17(21)22-2)14(9-12)23-16(20)10-3-5-11(18)6-4-10/h3-6,12-15H,7-9H2,1-2H3/t12-,13+,14-,15+/m0/s1. The van der Waals surface area contributed by atoms with Gasteiger partial charge in [-0.15, -0.1) is 0 Å². The van der Waals surface area contributed by atoms with Gasteiger partial charge in [0.1, 0.15) is 17.8 Å². The van der Waals surface area contributed by atoms with Crippen molar-refractivity contribution in [3.8, 4) is 0 Å². The largest absolute Gasteiger partial charge is 0.469 e. The average Bonchev–Trinajstić information content (AvgIpc) is 2.78. The minimum Gasteiger partial charge on any atom is -0.469 e. The number of fused-ring (bicyclic) bond motifs is 2. The number of methoxy groups -OCH3 is 1. The van der Waals surface area contributed by atoms with E-state index in [1.807, 2.05) is 7.05 Å². The van der Waals surface area contributed by atoms with Crippen molar-refractivity contribution >= 4 is 11.9 Å². The van der Waals surface area contributed by atoms with E-state index in [1.165, 1.54) is 31.4 Å². The minimum absolute atomic E-state index is 0.0345. The van der Waals surface area contributed by atoms with Crippen LogP contribution in [0.4, 0.5) is 4.39 Å². The summed E-state index contributed by atoms with van der Waals surface area (Å²) in [5.41, 5.74) is 0.279. The lowest BCUT2D eigenvalue weighted by Crippen LogP contribution is -2.53. The number of hydrogen-bond acceptors (Lipinski definition) is 5. The summed E-state index contributed by atoms with van der Waals surface area (Å²) in [6.45, 7) is 0. The molecule has 4 atom stereocenters. The maximum absolute atomic E-state index is 13.0. The topological polar surface area (TPSA) is 55.8 Å². The molecule has 6 heteroatoms. The summed E-state index contributed by atoms with van der Waals surface area (Å²) in [6, 6.07) is 5.54. The van der Waals surface area contributed by atoms with Gasteiger partial charge in [-0.1, -0.05) is 0 Å². The van der Waals surface area contributed by atoms with E-state index in [2.05, 4.69) is 4.90 Å². The molecule has 3 rings (SSSR count). The van der Waals surface area contributed by atoms with Crippen molar-refractivity contribution in [3.63, 3.8) is 0 Å². The number of carbonyl (C=O) groups is 2. The lowest BCUT2D eigenvalue weighted by Gasteiger charge is -2.40. The molecule has 2 bridgehead atoms. The minimum atomic E-state index is -0.534. The van der Waals surface area contributed by atoms with E-state index in [0.717, 1.165) is 12.8 Å². The van der Waals surface area contributed by atoms with E-state index in [9.17, 15) is 14.0 Å². The second-order valence-corrected chi connectivity index (χ2v) is 6.20. The molecule has 2 saturated heterocycles. The molecule has 0 radical (unpaired) electrons. The lowest BCUT2D eigenvalue weighted by atomic mass is 9.87. The van der Waals surface area contributed by atoms with Crippen LogP contribution in [0.2, 0.25) is 0 Å². The third-order valence-electron chi connectivity index (χ3n) is 5.03. The number of nitrogens with zero attached hydrogens (tertiary/aromatic N) is 1. The number of rotatable bonds is 3. The quantitative estimate of drug-likeness (QED) is 0.797. The first-order valence-electron chi connectivity index (χ1n) is 7.77. The normalized spacial score (nSPS) is 30.0. The zero-order valence-electron chi connectivity index (χ0n) is 13.2. The maximum atomic E-state index is 13.0. The zero-order valence-corrected chi connectivity index (χ0v) is 13.2. The molecule has 1 aromatic carbocycles. The molecule has 23 heavy (non-hydrogen) atoms. The number of benzene rings is 1. The zero-order chi connectivity index (χ0) is 16.6. The Morgan fingerprint density at radius 1 is 1.22 bits per heavy atom. The predicted molar refractivity (Wildman–Crippen MR) is 80.3 cm³/mol. The number of hydrogen-bond donors (Lipinski definition) is 0. The van der Waals surface area contributed by atoms with E-state index in [-0.39, 0.29) is 17.6 Å². The summed E-state index contributed by atoms with van der Waals surface area (Å²) >= 11 is 0.